The minimum Gasteiger partial charge on any atom is -0.356 e. The first kappa shape index (κ1) is 28.2. The summed E-state index contributed by atoms with van der Waals surface area (Å²) in [7, 11) is 0. The molecule has 1 amide bonds. The van der Waals surface area contributed by atoms with Crippen molar-refractivity contribution in [3.63, 3.8) is 0 Å². The Labute approximate surface area is 202 Å². The molecule has 0 fully saturated rings. The molecule has 1 rings (SSSR count). The van der Waals surface area contributed by atoms with E-state index in [0.717, 1.165) is 51.4 Å². The van der Waals surface area contributed by atoms with Crippen molar-refractivity contribution in [3.05, 3.63) is 108 Å². The molecule has 0 saturated heterocycles. The minimum absolute atomic E-state index is 0.127. The Morgan fingerprint density at radius 2 is 1.15 bits per heavy atom. The van der Waals surface area contributed by atoms with Gasteiger partial charge in [0.1, 0.15) is 0 Å². The van der Waals surface area contributed by atoms with E-state index >= 15 is 0 Å². The van der Waals surface area contributed by atoms with Gasteiger partial charge in [0.2, 0.25) is 5.91 Å². The fraction of sp³-hybridized carbons (Fsp3) is 0.387. The van der Waals surface area contributed by atoms with E-state index in [-0.39, 0.29) is 5.91 Å². The van der Waals surface area contributed by atoms with Crippen LogP contribution in [0.2, 0.25) is 0 Å². The number of amides is 1. The molecule has 2 nitrogen and oxygen atoms in total. The van der Waals surface area contributed by atoms with Gasteiger partial charge in [0.25, 0.3) is 0 Å². The number of rotatable bonds is 17. The van der Waals surface area contributed by atoms with Gasteiger partial charge in [-0.1, -0.05) is 110 Å². The average molecular weight is 446 g/mol. The number of allylic oxidation sites excluding steroid dienone is 12. The summed E-state index contributed by atoms with van der Waals surface area (Å²) in [6, 6.07) is 8.47. The molecule has 0 unspecified atom stereocenters. The maximum Gasteiger partial charge on any atom is 0.220 e. The molecule has 33 heavy (non-hydrogen) atoms. The maximum atomic E-state index is 11.9. The molecule has 0 spiro atoms. The lowest BCUT2D eigenvalue weighted by Gasteiger charge is -2.04. The summed E-state index contributed by atoms with van der Waals surface area (Å²) >= 11 is 0. The Morgan fingerprint density at radius 3 is 1.64 bits per heavy atom. The molecule has 1 N–H and O–H groups in total. The van der Waals surface area contributed by atoms with Crippen LogP contribution in [0.3, 0.4) is 0 Å². The molecule has 0 atom stereocenters. The molecule has 0 heterocycles. The largest absolute Gasteiger partial charge is 0.356 e. The van der Waals surface area contributed by atoms with Gasteiger partial charge in [-0.15, -0.1) is 0 Å². The van der Waals surface area contributed by atoms with Crippen molar-refractivity contribution in [2.24, 2.45) is 0 Å². The first-order valence-electron chi connectivity index (χ1n) is 12.4. The second kappa shape index (κ2) is 21.0. The van der Waals surface area contributed by atoms with E-state index < -0.39 is 0 Å². The first-order chi connectivity index (χ1) is 16.2. The topological polar surface area (TPSA) is 29.1 Å². The van der Waals surface area contributed by atoms with E-state index in [9.17, 15) is 4.79 Å². The molecule has 0 aliphatic heterocycles. The second-order valence-electron chi connectivity index (χ2n) is 8.04. The van der Waals surface area contributed by atoms with E-state index in [2.05, 4.69) is 116 Å². The van der Waals surface area contributed by atoms with E-state index in [1.807, 2.05) is 0 Å². The van der Waals surface area contributed by atoms with Crippen molar-refractivity contribution >= 4 is 5.91 Å². The van der Waals surface area contributed by atoms with Crippen molar-refractivity contribution in [3.8, 4) is 0 Å². The van der Waals surface area contributed by atoms with Crippen molar-refractivity contribution in [1.29, 1.82) is 0 Å². The SMILES string of the molecule is CC/C=C/C/C=C/C/C=C/C/C=C/C/C=C/C/C=C/CCC(=O)NCCc1ccc(C)cc1. The number of nitrogens with one attached hydrogen (secondary N) is 1. The smallest absolute Gasteiger partial charge is 0.220 e. The van der Waals surface area contributed by atoms with Gasteiger partial charge in [-0.25, -0.2) is 0 Å². The zero-order valence-corrected chi connectivity index (χ0v) is 20.7. The number of carbonyl (C=O) groups excluding carboxylic acids is 1. The van der Waals surface area contributed by atoms with Crippen LogP contribution in [0, 0.1) is 6.92 Å². The standard InChI is InChI=1S/C31H43NO/c1-3-4-5-6-7-8-9-10-11-12-13-14-15-16-17-18-19-20-21-22-31(33)32-28-27-30-25-23-29(2)24-26-30/h4-5,7-8,10-11,13-14,16-17,19-20,23-26H,3,6,9,12,15,18,21-22,27-28H2,1-2H3,(H,32,33)/b5-4+,8-7+,11-10+,14-13+,17-16+,20-19+. The zero-order valence-electron chi connectivity index (χ0n) is 20.7. The monoisotopic (exact) mass is 445 g/mol. The number of hydrogen-bond donors (Lipinski definition) is 1. The van der Waals surface area contributed by atoms with Gasteiger partial charge < -0.3 is 5.32 Å². The predicted molar refractivity (Wildman–Crippen MR) is 145 cm³/mol. The van der Waals surface area contributed by atoms with Crippen molar-refractivity contribution < 1.29 is 4.79 Å². The predicted octanol–water partition coefficient (Wildman–Crippen LogP) is 8.13. The summed E-state index contributed by atoms with van der Waals surface area (Å²) in [6.07, 6.45) is 34.5. The molecule has 0 aliphatic carbocycles. The third kappa shape index (κ3) is 18.4. The van der Waals surface area contributed by atoms with Crippen LogP contribution in [0.4, 0.5) is 0 Å². The summed E-state index contributed by atoms with van der Waals surface area (Å²) < 4.78 is 0. The van der Waals surface area contributed by atoms with Crippen LogP contribution in [0.1, 0.15) is 69.4 Å². The van der Waals surface area contributed by atoms with Crippen molar-refractivity contribution in [1.82, 2.24) is 5.32 Å². The fourth-order valence-electron chi connectivity index (χ4n) is 3.04. The van der Waals surface area contributed by atoms with Gasteiger partial charge in [-0.05, 0) is 63.9 Å². The highest BCUT2D eigenvalue weighted by Gasteiger charge is 1.99. The molecule has 0 saturated carbocycles. The highest BCUT2D eigenvalue weighted by molar-refractivity contribution is 5.75. The van der Waals surface area contributed by atoms with Gasteiger partial charge in [-0.3, -0.25) is 4.79 Å². The molecule has 0 aliphatic rings. The molecule has 1 aromatic carbocycles. The highest BCUT2D eigenvalue weighted by atomic mass is 16.1. The Kier molecular flexibility index (Phi) is 17.9. The minimum atomic E-state index is 0.127. The van der Waals surface area contributed by atoms with Gasteiger partial charge in [0, 0.05) is 13.0 Å². The summed E-state index contributed by atoms with van der Waals surface area (Å²) in [5, 5.41) is 3.00. The Bertz CT molecular complexity index is 791. The molecule has 0 radical (unpaired) electrons. The van der Waals surface area contributed by atoms with Crippen LogP contribution < -0.4 is 5.32 Å². The fourth-order valence-corrected chi connectivity index (χ4v) is 3.04. The first-order valence-corrected chi connectivity index (χ1v) is 12.4. The quantitative estimate of drug-likeness (QED) is 0.241. The van der Waals surface area contributed by atoms with Gasteiger partial charge in [0.15, 0.2) is 0 Å². The van der Waals surface area contributed by atoms with E-state index in [4.69, 9.17) is 0 Å². The summed E-state index contributed by atoms with van der Waals surface area (Å²) in [6.45, 7) is 4.94. The Hall–Kier alpha value is -2.87. The van der Waals surface area contributed by atoms with Gasteiger partial charge in [-0.2, -0.15) is 0 Å². The molecule has 2 heteroatoms. The number of aryl methyl sites for hydroxylation is 1. The van der Waals surface area contributed by atoms with Crippen LogP contribution in [-0.2, 0) is 11.2 Å². The van der Waals surface area contributed by atoms with Crippen molar-refractivity contribution in [2.75, 3.05) is 6.54 Å². The third-order valence-electron chi connectivity index (χ3n) is 4.99. The average Bonchev–Trinajstić information content (AvgIpc) is 2.82. The lowest BCUT2D eigenvalue weighted by Crippen LogP contribution is -2.25. The maximum absolute atomic E-state index is 11.9. The van der Waals surface area contributed by atoms with E-state index in [1.165, 1.54) is 11.1 Å². The molecular formula is C31H43NO. The van der Waals surface area contributed by atoms with Gasteiger partial charge >= 0.3 is 0 Å². The lowest BCUT2D eigenvalue weighted by molar-refractivity contribution is -0.120. The van der Waals surface area contributed by atoms with Crippen molar-refractivity contribution in [2.45, 2.75) is 71.6 Å². The Morgan fingerprint density at radius 1 is 0.697 bits per heavy atom. The molecule has 178 valence electrons. The number of benzene rings is 1. The number of carbonyl (C=O) groups is 1. The van der Waals surface area contributed by atoms with Crippen LogP contribution >= 0.6 is 0 Å². The van der Waals surface area contributed by atoms with Crippen LogP contribution in [-0.4, -0.2) is 12.5 Å². The number of hydrogen-bond acceptors (Lipinski definition) is 1. The lowest BCUT2D eigenvalue weighted by atomic mass is 10.1. The molecule has 0 aromatic heterocycles. The summed E-state index contributed by atoms with van der Waals surface area (Å²) in [5.41, 5.74) is 2.53. The zero-order chi connectivity index (χ0) is 23.8. The Balaban J connectivity index is 1.97. The van der Waals surface area contributed by atoms with E-state index in [0.29, 0.717) is 13.0 Å². The summed E-state index contributed by atoms with van der Waals surface area (Å²) in [4.78, 5) is 11.9. The van der Waals surface area contributed by atoms with Crippen LogP contribution in [0.5, 0.6) is 0 Å². The molecule has 0 bridgehead atoms. The molecule has 1 aromatic rings. The van der Waals surface area contributed by atoms with Crippen LogP contribution in [0.25, 0.3) is 0 Å². The third-order valence-corrected chi connectivity index (χ3v) is 4.99. The normalized spacial score (nSPS) is 12.5. The highest BCUT2D eigenvalue weighted by Crippen LogP contribution is 2.03. The van der Waals surface area contributed by atoms with E-state index in [1.54, 1.807) is 0 Å². The summed E-state index contributed by atoms with van der Waals surface area (Å²) in [5.74, 6) is 0.127. The van der Waals surface area contributed by atoms with Crippen LogP contribution in [0.15, 0.2) is 97.2 Å². The van der Waals surface area contributed by atoms with Gasteiger partial charge in [0.05, 0.1) is 0 Å². The second-order valence-corrected chi connectivity index (χ2v) is 8.04. The molecular weight excluding hydrogens is 402 g/mol.